The van der Waals surface area contributed by atoms with E-state index >= 15 is 0 Å². The highest BCUT2D eigenvalue weighted by Gasteiger charge is 2.27. The van der Waals surface area contributed by atoms with Crippen LogP contribution in [0.5, 0.6) is 0 Å². The summed E-state index contributed by atoms with van der Waals surface area (Å²) in [5.74, 6) is -0.855. The highest BCUT2D eigenvalue weighted by molar-refractivity contribution is 9.10. The molecule has 2 unspecified atom stereocenters. The topological polar surface area (TPSA) is 23.5 Å². The smallest absolute Gasteiger partial charge is 0.144 e. The van der Waals surface area contributed by atoms with Crippen LogP contribution in [0.1, 0.15) is 25.3 Å². The molecule has 1 aliphatic rings. The van der Waals surface area contributed by atoms with Crippen LogP contribution < -0.4 is 0 Å². The first-order valence-electron chi connectivity index (χ1n) is 6.55. The summed E-state index contributed by atoms with van der Waals surface area (Å²) < 4.78 is 27.9. The molecule has 0 spiro atoms. The maximum absolute atomic E-state index is 13.9. The molecule has 2 rings (SSSR count). The lowest BCUT2D eigenvalue weighted by molar-refractivity contribution is 0.0215. The molecular formula is C14H18BrF2NO. The van der Waals surface area contributed by atoms with E-state index in [0.717, 1.165) is 6.42 Å². The Balaban J connectivity index is 2.12. The van der Waals surface area contributed by atoms with Gasteiger partial charge in [0.05, 0.1) is 10.6 Å². The minimum absolute atomic E-state index is 0.0978. The van der Waals surface area contributed by atoms with Crippen molar-refractivity contribution in [3.05, 3.63) is 33.8 Å². The molecule has 1 aliphatic heterocycles. The van der Waals surface area contributed by atoms with Crippen molar-refractivity contribution in [3.63, 3.8) is 0 Å². The summed E-state index contributed by atoms with van der Waals surface area (Å²) >= 11 is 3.08. The molecule has 1 aromatic rings. The number of aliphatic hydroxyl groups is 1. The van der Waals surface area contributed by atoms with E-state index in [9.17, 15) is 13.9 Å². The first kappa shape index (κ1) is 14.9. The van der Waals surface area contributed by atoms with Crippen molar-refractivity contribution in [3.8, 4) is 0 Å². The van der Waals surface area contributed by atoms with Gasteiger partial charge >= 0.3 is 0 Å². The highest BCUT2D eigenvalue weighted by Crippen LogP contribution is 2.26. The number of halogens is 3. The second kappa shape index (κ2) is 6.29. The van der Waals surface area contributed by atoms with E-state index in [1.54, 1.807) is 0 Å². The van der Waals surface area contributed by atoms with Crippen molar-refractivity contribution in [1.82, 2.24) is 4.90 Å². The fourth-order valence-electron chi connectivity index (χ4n) is 2.58. The minimum atomic E-state index is -0.529. The third kappa shape index (κ3) is 3.33. The van der Waals surface area contributed by atoms with Crippen molar-refractivity contribution in [2.75, 3.05) is 13.1 Å². The van der Waals surface area contributed by atoms with E-state index in [1.165, 1.54) is 12.1 Å². The quantitative estimate of drug-likeness (QED) is 0.858. The molecule has 0 aromatic heterocycles. The predicted octanol–water partition coefficient (Wildman–Crippen LogP) is 3.32. The average Bonchev–Trinajstić information content (AvgIpc) is 2.41. The molecule has 1 heterocycles. The van der Waals surface area contributed by atoms with Crippen LogP contribution in [0.4, 0.5) is 8.78 Å². The van der Waals surface area contributed by atoms with E-state index in [2.05, 4.69) is 15.9 Å². The van der Waals surface area contributed by atoms with Crippen LogP contribution in [0.2, 0.25) is 0 Å². The lowest BCUT2D eigenvalue weighted by Crippen LogP contribution is -2.42. The molecule has 19 heavy (non-hydrogen) atoms. The fourth-order valence-corrected chi connectivity index (χ4v) is 2.95. The lowest BCUT2D eigenvalue weighted by Gasteiger charge is -2.35. The van der Waals surface area contributed by atoms with Gasteiger partial charge in [0.2, 0.25) is 0 Å². The first-order valence-corrected chi connectivity index (χ1v) is 7.35. The Morgan fingerprint density at radius 3 is 2.84 bits per heavy atom. The number of rotatable bonds is 3. The van der Waals surface area contributed by atoms with E-state index in [0.29, 0.717) is 19.5 Å². The Hall–Kier alpha value is -0.520. The summed E-state index contributed by atoms with van der Waals surface area (Å²) in [6, 6.07) is 2.65. The van der Waals surface area contributed by atoms with Gasteiger partial charge in [0, 0.05) is 25.2 Å². The number of hydrogen-bond acceptors (Lipinski definition) is 2. The standard InChI is InChI=1S/C14H18BrF2NO/c1-2-9-7-18(6-5-13(9)19)8-10-12(16)4-3-11(15)14(10)17/h3-4,9,13,19H,2,5-8H2,1H3. The van der Waals surface area contributed by atoms with Crippen molar-refractivity contribution in [1.29, 1.82) is 0 Å². The predicted molar refractivity (Wildman–Crippen MR) is 73.7 cm³/mol. The molecule has 0 amide bonds. The van der Waals surface area contributed by atoms with Gasteiger partial charge < -0.3 is 5.11 Å². The maximum Gasteiger partial charge on any atom is 0.144 e. The zero-order valence-electron chi connectivity index (χ0n) is 10.9. The molecule has 0 saturated carbocycles. The van der Waals surface area contributed by atoms with Gasteiger partial charge in [-0.15, -0.1) is 0 Å². The molecule has 0 aliphatic carbocycles. The van der Waals surface area contributed by atoms with Crippen LogP contribution in [0.25, 0.3) is 0 Å². The van der Waals surface area contributed by atoms with Gasteiger partial charge in [0.25, 0.3) is 0 Å². The zero-order chi connectivity index (χ0) is 14.0. The van der Waals surface area contributed by atoms with Crippen molar-refractivity contribution in [2.24, 2.45) is 5.92 Å². The number of hydrogen-bond donors (Lipinski definition) is 1. The largest absolute Gasteiger partial charge is 0.393 e. The summed E-state index contributed by atoms with van der Waals surface area (Å²) in [4.78, 5) is 2.01. The van der Waals surface area contributed by atoms with Crippen LogP contribution in [-0.4, -0.2) is 29.2 Å². The highest BCUT2D eigenvalue weighted by atomic mass is 79.9. The molecule has 1 fully saturated rings. The summed E-state index contributed by atoms with van der Waals surface area (Å²) in [5, 5.41) is 9.82. The van der Waals surface area contributed by atoms with Crippen molar-refractivity contribution < 1.29 is 13.9 Å². The third-order valence-electron chi connectivity index (χ3n) is 3.82. The van der Waals surface area contributed by atoms with Crippen molar-refractivity contribution >= 4 is 15.9 Å². The Labute approximate surface area is 120 Å². The zero-order valence-corrected chi connectivity index (χ0v) is 12.5. The molecule has 5 heteroatoms. The van der Waals surface area contributed by atoms with Crippen LogP contribution in [0, 0.1) is 17.6 Å². The van der Waals surface area contributed by atoms with Gasteiger partial charge in [0.1, 0.15) is 11.6 Å². The van der Waals surface area contributed by atoms with E-state index in [-0.39, 0.29) is 28.6 Å². The van der Waals surface area contributed by atoms with E-state index in [4.69, 9.17) is 0 Å². The first-order chi connectivity index (χ1) is 9.02. The SMILES string of the molecule is CCC1CN(Cc2c(F)ccc(Br)c2F)CCC1O. The summed E-state index contributed by atoms with van der Waals surface area (Å²) in [6.07, 6.45) is 1.25. The third-order valence-corrected chi connectivity index (χ3v) is 4.44. The molecule has 0 bridgehead atoms. The summed E-state index contributed by atoms with van der Waals surface area (Å²) in [5.41, 5.74) is 0.0978. The fraction of sp³-hybridized carbons (Fsp3) is 0.571. The van der Waals surface area contributed by atoms with Crippen LogP contribution in [0.3, 0.4) is 0 Å². The Kier molecular flexibility index (Phi) is 4.92. The summed E-state index contributed by atoms with van der Waals surface area (Å²) in [7, 11) is 0. The van der Waals surface area contributed by atoms with E-state index in [1.807, 2.05) is 11.8 Å². The maximum atomic E-state index is 13.9. The number of benzene rings is 1. The monoisotopic (exact) mass is 333 g/mol. The Morgan fingerprint density at radius 1 is 1.42 bits per heavy atom. The number of aliphatic hydroxyl groups excluding tert-OH is 1. The molecular weight excluding hydrogens is 316 g/mol. The van der Waals surface area contributed by atoms with Crippen molar-refractivity contribution in [2.45, 2.75) is 32.4 Å². The van der Waals surface area contributed by atoms with Gasteiger partial charge in [-0.25, -0.2) is 8.78 Å². The molecule has 1 N–H and O–H groups in total. The molecule has 1 aromatic carbocycles. The molecule has 1 saturated heterocycles. The molecule has 2 nitrogen and oxygen atoms in total. The normalized spacial score (nSPS) is 24.7. The van der Waals surface area contributed by atoms with Gasteiger partial charge in [0.15, 0.2) is 0 Å². The molecule has 106 valence electrons. The minimum Gasteiger partial charge on any atom is -0.393 e. The second-order valence-electron chi connectivity index (χ2n) is 5.08. The summed E-state index contributed by atoms with van der Waals surface area (Å²) in [6.45, 7) is 3.63. The second-order valence-corrected chi connectivity index (χ2v) is 5.94. The van der Waals surface area contributed by atoms with Gasteiger partial charge in [-0.2, -0.15) is 0 Å². The number of nitrogens with zero attached hydrogens (tertiary/aromatic N) is 1. The number of likely N-dealkylation sites (tertiary alicyclic amines) is 1. The average molecular weight is 334 g/mol. The van der Waals surface area contributed by atoms with E-state index < -0.39 is 11.6 Å². The van der Waals surface area contributed by atoms with Crippen LogP contribution >= 0.6 is 15.9 Å². The van der Waals surface area contributed by atoms with Gasteiger partial charge in [-0.3, -0.25) is 4.90 Å². The molecule has 0 radical (unpaired) electrons. The van der Waals surface area contributed by atoms with Crippen LogP contribution in [-0.2, 0) is 6.54 Å². The lowest BCUT2D eigenvalue weighted by atomic mass is 9.92. The van der Waals surface area contributed by atoms with Gasteiger partial charge in [-0.1, -0.05) is 6.92 Å². The number of piperidine rings is 1. The molecule has 2 atom stereocenters. The Bertz CT molecular complexity index is 455. The van der Waals surface area contributed by atoms with Gasteiger partial charge in [-0.05, 0) is 46.8 Å². The van der Waals surface area contributed by atoms with Crippen LogP contribution in [0.15, 0.2) is 16.6 Å². The Morgan fingerprint density at radius 2 is 2.16 bits per heavy atom.